The molecule has 33 heavy (non-hydrogen) atoms. The molecule has 2 aromatic heterocycles. The third-order valence-electron chi connectivity index (χ3n) is 5.85. The lowest BCUT2D eigenvalue weighted by Gasteiger charge is -2.22. The molecular weight excluding hydrogens is 450 g/mol. The van der Waals surface area contributed by atoms with Crippen molar-refractivity contribution < 1.29 is 9.47 Å². The average molecular weight is 476 g/mol. The van der Waals surface area contributed by atoms with Gasteiger partial charge >= 0.3 is 0 Å². The van der Waals surface area contributed by atoms with Crippen LogP contribution in [0.4, 0.5) is 5.13 Å². The predicted molar refractivity (Wildman–Crippen MR) is 137 cm³/mol. The normalized spacial score (nSPS) is 15.5. The molecule has 1 atom stereocenters. The Morgan fingerprint density at radius 2 is 1.82 bits per heavy atom. The monoisotopic (exact) mass is 475 g/mol. The summed E-state index contributed by atoms with van der Waals surface area (Å²) >= 11 is 3.34. The summed E-state index contributed by atoms with van der Waals surface area (Å²) in [6, 6.07) is 18.9. The van der Waals surface area contributed by atoms with Crippen molar-refractivity contribution >= 4 is 33.5 Å². The van der Waals surface area contributed by atoms with E-state index in [1.54, 1.807) is 36.9 Å². The van der Waals surface area contributed by atoms with E-state index in [0.717, 1.165) is 52.0 Å². The molecule has 1 unspecified atom stereocenters. The molecule has 3 heterocycles. The SMILES string of the molecule is CCc1ccc(-c2csc(N3N=C(c4cccs4)CC3c3ccc(OC)c(OC)c3)n2)cc1. The number of aromatic nitrogens is 1. The first-order valence-electron chi connectivity index (χ1n) is 10.9. The number of anilines is 1. The maximum absolute atomic E-state index is 5.57. The van der Waals surface area contributed by atoms with Crippen LogP contribution in [0.15, 0.2) is 70.5 Å². The maximum atomic E-state index is 5.57. The van der Waals surface area contributed by atoms with Crippen molar-refractivity contribution in [1.29, 1.82) is 0 Å². The molecule has 0 aliphatic carbocycles. The Kier molecular flexibility index (Phi) is 6.15. The zero-order valence-corrected chi connectivity index (χ0v) is 20.5. The van der Waals surface area contributed by atoms with Gasteiger partial charge in [0, 0.05) is 17.4 Å². The number of benzene rings is 2. The second-order valence-electron chi connectivity index (χ2n) is 7.77. The molecule has 1 aliphatic rings. The molecule has 0 amide bonds. The van der Waals surface area contributed by atoms with Crippen molar-refractivity contribution in [3.05, 3.63) is 81.4 Å². The topological polar surface area (TPSA) is 47.0 Å². The Morgan fingerprint density at radius 3 is 2.52 bits per heavy atom. The minimum atomic E-state index is 0.0309. The van der Waals surface area contributed by atoms with Crippen molar-refractivity contribution in [2.45, 2.75) is 25.8 Å². The lowest BCUT2D eigenvalue weighted by Crippen LogP contribution is -2.18. The largest absolute Gasteiger partial charge is 0.493 e. The number of hydrazone groups is 1. The first-order chi connectivity index (χ1) is 16.2. The molecule has 2 aromatic carbocycles. The molecule has 0 fully saturated rings. The molecule has 7 heteroatoms. The quantitative estimate of drug-likeness (QED) is 0.295. The number of nitrogens with zero attached hydrogens (tertiary/aromatic N) is 3. The summed E-state index contributed by atoms with van der Waals surface area (Å²) in [5, 5.41) is 12.2. The Balaban J connectivity index is 1.51. The predicted octanol–water partition coefficient (Wildman–Crippen LogP) is 6.81. The summed E-state index contributed by atoms with van der Waals surface area (Å²) < 4.78 is 11.0. The highest BCUT2D eigenvalue weighted by Gasteiger charge is 2.32. The molecule has 0 saturated carbocycles. The molecule has 0 saturated heterocycles. The summed E-state index contributed by atoms with van der Waals surface area (Å²) in [5.41, 5.74) is 5.62. The molecule has 0 radical (unpaired) electrons. The lowest BCUT2D eigenvalue weighted by molar-refractivity contribution is 0.354. The van der Waals surface area contributed by atoms with Crippen LogP contribution < -0.4 is 14.5 Å². The fourth-order valence-electron chi connectivity index (χ4n) is 4.01. The number of thiazole rings is 1. The first-order valence-corrected chi connectivity index (χ1v) is 12.6. The zero-order valence-electron chi connectivity index (χ0n) is 18.8. The fraction of sp³-hybridized carbons (Fsp3) is 0.231. The van der Waals surface area contributed by atoms with Crippen LogP contribution in [0.25, 0.3) is 11.3 Å². The summed E-state index contributed by atoms with van der Waals surface area (Å²) in [7, 11) is 3.32. The van der Waals surface area contributed by atoms with E-state index < -0.39 is 0 Å². The van der Waals surface area contributed by atoms with Crippen LogP contribution in [-0.4, -0.2) is 24.9 Å². The maximum Gasteiger partial charge on any atom is 0.207 e. The van der Waals surface area contributed by atoms with Crippen LogP contribution in [0.5, 0.6) is 11.5 Å². The zero-order chi connectivity index (χ0) is 22.8. The molecule has 5 rings (SSSR count). The smallest absolute Gasteiger partial charge is 0.207 e. The Hall–Kier alpha value is -3.16. The van der Waals surface area contributed by atoms with E-state index in [9.17, 15) is 0 Å². The van der Waals surface area contributed by atoms with Crippen molar-refractivity contribution in [3.8, 4) is 22.8 Å². The summed E-state index contributed by atoms with van der Waals surface area (Å²) in [6.07, 6.45) is 1.83. The van der Waals surface area contributed by atoms with E-state index in [0.29, 0.717) is 0 Å². The molecule has 1 aliphatic heterocycles. The van der Waals surface area contributed by atoms with Gasteiger partial charge in [0.2, 0.25) is 5.13 Å². The highest BCUT2D eigenvalue weighted by Crippen LogP contribution is 2.42. The highest BCUT2D eigenvalue weighted by molar-refractivity contribution is 7.14. The number of thiophene rings is 1. The van der Waals surface area contributed by atoms with Gasteiger partial charge < -0.3 is 9.47 Å². The number of ether oxygens (including phenoxy) is 2. The third-order valence-corrected chi connectivity index (χ3v) is 7.60. The molecule has 168 valence electrons. The Morgan fingerprint density at radius 1 is 1.00 bits per heavy atom. The summed E-state index contributed by atoms with van der Waals surface area (Å²) in [5.74, 6) is 1.44. The highest BCUT2D eigenvalue weighted by atomic mass is 32.1. The number of methoxy groups -OCH3 is 2. The molecule has 4 aromatic rings. The van der Waals surface area contributed by atoms with E-state index in [4.69, 9.17) is 19.6 Å². The van der Waals surface area contributed by atoms with E-state index >= 15 is 0 Å². The van der Waals surface area contributed by atoms with Crippen molar-refractivity contribution in [2.75, 3.05) is 19.2 Å². The van der Waals surface area contributed by atoms with Crippen LogP contribution >= 0.6 is 22.7 Å². The number of aryl methyl sites for hydroxylation is 1. The molecule has 5 nitrogen and oxygen atoms in total. The van der Waals surface area contributed by atoms with Crippen LogP contribution in [0, 0.1) is 0 Å². The average Bonchev–Trinajstić information content (AvgIpc) is 3.63. The number of hydrogen-bond donors (Lipinski definition) is 0. The van der Waals surface area contributed by atoms with Crippen LogP contribution in [0.2, 0.25) is 0 Å². The Labute approximate surface area is 202 Å². The van der Waals surface area contributed by atoms with Crippen LogP contribution in [0.3, 0.4) is 0 Å². The summed E-state index contributed by atoms with van der Waals surface area (Å²) in [6.45, 7) is 2.17. The van der Waals surface area contributed by atoms with Crippen molar-refractivity contribution in [2.24, 2.45) is 5.10 Å². The lowest BCUT2D eigenvalue weighted by atomic mass is 10.0. The fourth-order valence-corrected chi connectivity index (χ4v) is 5.57. The summed E-state index contributed by atoms with van der Waals surface area (Å²) in [4.78, 5) is 6.16. The van der Waals surface area contributed by atoms with Crippen molar-refractivity contribution in [1.82, 2.24) is 4.98 Å². The van der Waals surface area contributed by atoms with Gasteiger partial charge in [-0.1, -0.05) is 43.3 Å². The molecule has 0 N–H and O–H groups in total. The van der Waals surface area contributed by atoms with Gasteiger partial charge in [0.15, 0.2) is 11.5 Å². The van der Waals surface area contributed by atoms with Gasteiger partial charge in [-0.15, -0.1) is 22.7 Å². The standard InChI is InChI=1S/C26H25N3O2S2/c1-4-17-7-9-18(10-8-17)21-16-33-26(27-21)29-22(15-20(28-29)25-6-5-13-32-25)19-11-12-23(30-2)24(14-19)31-3/h5-14,16,22H,4,15H2,1-3H3. The minimum absolute atomic E-state index is 0.0309. The van der Waals surface area contributed by atoms with Gasteiger partial charge in [-0.3, -0.25) is 0 Å². The molecule has 0 spiro atoms. The van der Waals surface area contributed by atoms with Gasteiger partial charge in [0.1, 0.15) is 0 Å². The van der Waals surface area contributed by atoms with Crippen LogP contribution in [0.1, 0.15) is 35.4 Å². The second-order valence-corrected chi connectivity index (χ2v) is 9.55. The van der Waals surface area contributed by atoms with Gasteiger partial charge in [-0.25, -0.2) is 9.99 Å². The van der Waals surface area contributed by atoms with Gasteiger partial charge in [0.25, 0.3) is 0 Å². The second kappa shape index (κ2) is 9.37. The van der Waals surface area contributed by atoms with E-state index in [1.807, 2.05) is 12.1 Å². The number of hydrogen-bond acceptors (Lipinski definition) is 7. The first kappa shape index (κ1) is 21.7. The molecule has 0 bridgehead atoms. The van der Waals surface area contributed by atoms with Crippen molar-refractivity contribution in [3.63, 3.8) is 0 Å². The van der Waals surface area contributed by atoms with Gasteiger partial charge in [-0.2, -0.15) is 5.10 Å². The number of rotatable bonds is 7. The van der Waals surface area contributed by atoms with E-state index in [1.165, 1.54) is 10.4 Å². The third kappa shape index (κ3) is 4.26. The van der Waals surface area contributed by atoms with E-state index in [2.05, 4.69) is 65.2 Å². The van der Waals surface area contributed by atoms with Crippen LogP contribution in [-0.2, 0) is 6.42 Å². The van der Waals surface area contributed by atoms with Gasteiger partial charge in [-0.05, 0) is 41.1 Å². The Bertz CT molecular complexity index is 1260. The van der Waals surface area contributed by atoms with E-state index in [-0.39, 0.29) is 6.04 Å². The van der Waals surface area contributed by atoms with Gasteiger partial charge in [0.05, 0.1) is 36.5 Å². The molecular formula is C26H25N3O2S2. The minimum Gasteiger partial charge on any atom is -0.493 e.